The van der Waals surface area contributed by atoms with Crippen molar-refractivity contribution in [2.24, 2.45) is 5.92 Å². The molecule has 0 spiro atoms. The lowest BCUT2D eigenvalue weighted by atomic mass is 10.1. The van der Waals surface area contributed by atoms with Gasteiger partial charge in [-0.2, -0.15) is 0 Å². The number of halogens is 1. The van der Waals surface area contributed by atoms with E-state index >= 15 is 0 Å². The summed E-state index contributed by atoms with van der Waals surface area (Å²) >= 11 is 5.74. The molecule has 126 valence electrons. The van der Waals surface area contributed by atoms with Gasteiger partial charge in [0.15, 0.2) is 0 Å². The van der Waals surface area contributed by atoms with Crippen molar-refractivity contribution in [3.05, 3.63) is 59.4 Å². The molecule has 1 N–H and O–H groups in total. The van der Waals surface area contributed by atoms with Gasteiger partial charge < -0.3 is 15.0 Å². The monoisotopic (exact) mass is 345 g/mol. The van der Waals surface area contributed by atoms with Crippen molar-refractivity contribution in [3.8, 4) is 0 Å². The molecule has 2 amide bonds. The minimum absolute atomic E-state index is 0.107. The third-order valence-corrected chi connectivity index (χ3v) is 4.24. The van der Waals surface area contributed by atoms with Gasteiger partial charge in [0.1, 0.15) is 5.15 Å². The largest absolute Gasteiger partial charge is 0.376 e. The smallest absolute Gasteiger partial charge is 0.321 e. The number of amides is 2. The van der Waals surface area contributed by atoms with Gasteiger partial charge in [-0.05, 0) is 24.1 Å². The molecule has 24 heavy (non-hydrogen) atoms. The maximum absolute atomic E-state index is 12.3. The molecule has 6 heteroatoms. The van der Waals surface area contributed by atoms with Crippen molar-refractivity contribution in [1.29, 1.82) is 0 Å². The maximum atomic E-state index is 12.3. The standard InChI is InChI=1S/C18H20ClN3O2/c19-17-7-6-16(10-20-17)21-18(23)22-9-8-15(11-22)13-24-12-14-4-2-1-3-5-14/h1-7,10,15H,8-9,11-13H2,(H,21,23)/t15-/m1/s1. The summed E-state index contributed by atoms with van der Waals surface area (Å²) < 4.78 is 5.78. The molecule has 1 aromatic carbocycles. The SMILES string of the molecule is O=C(Nc1ccc(Cl)nc1)N1CC[C@@H](COCc2ccccc2)C1. The molecule has 0 saturated carbocycles. The molecule has 0 bridgehead atoms. The number of urea groups is 1. The van der Waals surface area contributed by atoms with E-state index in [4.69, 9.17) is 16.3 Å². The number of aromatic nitrogens is 1. The molecule has 2 aromatic rings. The van der Waals surface area contributed by atoms with Crippen LogP contribution in [0.5, 0.6) is 0 Å². The Morgan fingerprint density at radius 2 is 2.12 bits per heavy atom. The van der Waals surface area contributed by atoms with E-state index in [0.29, 0.717) is 36.5 Å². The third kappa shape index (κ3) is 4.69. The van der Waals surface area contributed by atoms with Crippen molar-refractivity contribution in [3.63, 3.8) is 0 Å². The van der Waals surface area contributed by atoms with Gasteiger partial charge in [-0.15, -0.1) is 0 Å². The zero-order valence-corrected chi connectivity index (χ0v) is 14.1. The molecule has 5 nitrogen and oxygen atoms in total. The van der Waals surface area contributed by atoms with Crippen molar-refractivity contribution in [2.45, 2.75) is 13.0 Å². The van der Waals surface area contributed by atoms with E-state index in [-0.39, 0.29) is 6.03 Å². The number of likely N-dealkylation sites (tertiary alicyclic amines) is 1. The Morgan fingerprint density at radius 3 is 2.88 bits per heavy atom. The first-order valence-electron chi connectivity index (χ1n) is 8.00. The molecule has 1 aliphatic heterocycles. The fraction of sp³-hybridized carbons (Fsp3) is 0.333. The predicted molar refractivity (Wildman–Crippen MR) is 94.0 cm³/mol. The summed E-state index contributed by atoms with van der Waals surface area (Å²) in [5, 5.41) is 3.25. The van der Waals surface area contributed by atoms with E-state index in [0.717, 1.165) is 13.0 Å². The van der Waals surface area contributed by atoms with Gasteiger partial charge in [0, 0.05) is 19.0 Å². The Balaban J connectivity index is 1.41. The third-order valence-electron chi connectivity index (χ3n) is 4.02. The van der Waals surface area contributed by atoms with Crippen LogP contribution in [0, 0.1) is 5.92 Å². The second-order valence-corrected chi connectivity index (χ2v) is 6.29. The minimum Gasteiger partial charge on any atom is -0.376 e. The first kappa shape index (κ1) is 16.7. The molecular formula is C18H20ClN3O2. The molecular weight excluding hydrogens is 326 g/mol. The van der Waals surface area contributed by atoms with E-state index in [2.05, 4.69) is 22.4 Å². The van der Waals surface area contributed by atoms with Crippen LogP contribution in [-0.2, 0) is 11.3 Å². The number of hydrogen-bond donors (Lipinski definition) is 1. The first-order valence-corrected chi connectivity index (χ1v) is 8.37. The van der Waals surface area contributed by atoms with E-state index in [9.17, 15) is 4.79 Å². The van der Waals surface area contributed by atoms with Crippen LogP contribution in [0.15, 0.2) is 48.7 Å². The molecule has 1 saturated heterocycles. The summed E-state index contributed by atoms with van der Waals surface area (Å²) in [7, 11) is 0. The Labute approximate surface area is 146 Å². The van der Waals surface area contributed by atoms with Crippen molar-refractivity contribution in [1.82, 2.24) is 9.88 Å². The van der Waals surface area contributed by atoms with Crippen LogP contribution in [-0.4, -0.2) is 35.6 Å². The number of hydrogen-bond acceptors (Lipinski definition) is 3. The number of benzene rings is 1. The fourth-order valence-electron chi connectivity index (χ4n) is 2.72. The molecule has 0 unspecified atom stereocenters. The summed E-state index contributed by atoms with van der Waals surface area (Å²) in [5.41, 5.74) is 1.81. The number of nitrogens with zero attached hydrogens (tertiary/aromatic N) is 2. The highest BCUT2D eigenvalue weighted by molar-refractivity contribution is 6.29. The summed E-state index contributed by atoms with van der Waals surface area (Å²) in [4.78, 5) is 18.0. The predicted octanol–water partition coefficient (Wildman–Crippen LogP) is 3.81. The summed E-state index contributed by atoms with van der Waals surface area (Å²) in [6, 6.07) is 13.4. The van der Waals surface area contributed by atoms with E-state index in [1.807, 2.05) is 23.1 Å². The van der Waals surface area contributed by atoms with Crippen LogP contribution >= 0.6 is 11.6 Å². The van der Waals surface area contributed by atoms with Crippen molar-refractivity contribution in [2.75, 3.05) is 25.0 Å². The zero-order chi connectivity index (χ0) is 16.8. The maximum Gasteiger partial charge on any atom is 0.321 e. The highest BCUT2D eigenvalue weighted by Gasteiger charge is 2.26. The number of anilines is 1. The lowest BCUT2D eigenvalue weighted by Gasteiger charge is -2.17. The summed E-state index contributed by atoms with van der Waals surface area (Å²) in [6.45, 7) is 2.73. The van der Waals surface area contributed by atoms with Gasteiger partial charge in [0.05, 0.1) is 25.1 Å². The Morgan fingerprint density at radius 1 is 1.29 bits per heavy atom. The van der Waals surface area contributed by atoms with Gasteiger partial charge in [-0.3, -0.25) is 0 Å². The molecule has 3 rings (SSSR count). The normalized spacial score (nSPS) is 17.0. The highest BCUT2D eigenvalue weighted by Crippen LogP contribution is 2.19. The molecule has 0 aliphatic carbocycles. The van der Waals surface area contributed by atoms with Gasteiger partial charge in [-0.25, -0.2) is 9.78 Å². The van der Waals surface area contributed by atoms with Crippen molar-refractivity contribution < 1.29 is 9.53 Å². The van der Waals surface area contributed by atoms with E-state index < -0.39 is 0 Å². The average Bonchev–Trinajstić information content (AvgIpc) is 3.07. The topological polar surface area (TPSA) is 54.5 Å². The van der Waals surface area contributed by atoms with Gasteiger partial charge >= 0.3 is 6.03 Å². The van der Waals surface area contributed by atoms with Crippen LogP contribution in [0.4, 0.5) is 10.5 Å². The number of pyridine rings is 1. The molecule has 1 aliphatic rings. The van der Waals surface area contributed by atoms with Gasteiger partial charge in [0.25, 0.3) is 0 Å². The lowest BCUT2D eigenvalue weighted by molar-refractivity contribution is 0.0900. The summed E-state index contributed by atoms with van der Waals surface area (Å²) in [5.74, 6) is 0.378. The lowest BCUT2D eigenvalue weighted by Crippen LogP contribution is -2.33. The number of carbonyl (C=O) groups excluding carboxylic acids is 1. The van der Waals surface area contributed by atoms with E-state index in [1.165, 1.54) is 5.56 Å². The van der Waals surface area contributed by atoms with Gasteiger partial charge in [0.2, 0.25) is 0 Å². The van der Waals surface area contributed by atoms with E-state index in [1.54, 1.807) is 18.3 Å². The first-order chi connectivity index (χ1) is 11.7. The summed E-state index contributed by atoms with van der Waals surface area (Å²) in [6.07, 6.45) is 2.51. The van der Waals surface area contributed by atoms with Crippen molar-refractivity contribution >= 4 is 23.3 Å². The molecule has 1 fully saturated rings. The van der Waals surface area contributed by atoms with Crippen LogP contribution in [0.2, 0.25) is 5.15 Å². The molecule has 0 radical (unpaired) electrons. The van der Waals surface area contributed by atoms with Crippen LogP contribution in [0.25, 0.3) is 0 Å². The second kappa shape index (κ2) is 8.13. The number of ether oxygens (including phenoxy) is 1. The quantitative estimate of drug-likeness (QED) is 0.838. The molecule has 1 atom stereocenters. The number of nitrogens with one attached hydrogen (secondary N) is 1. The van der Waals surface area contributed by atoms with Crippen LogP contribution < -0.4 is 5.32 Å². The number of rotatable bonds is 5. The van der Waals surface area contributed by atoms with Crippen LogP contribution in [0.1, 0.15) is 12.0 Å². The van der Waals surface area contributed by atoms with Crippen LogP contribution in [0.3, 0.4) is 0 Å². The fourth-order valence-corrected chi connectivity index (χ4v) is 2.83. The molecule has 1 aromatic heterocycles. The second-order valence-electron chi connectivity index (χ2n) is 5.90. The van der Waals surface area contributed by atoms with Gasteiger partial charge in [-0.1, -0.05) is 41.9 Å². The Hall–Kier alpha value is -2.11. The average molecular weight is 346 g/mol. The Kier molecular flexibility index (Phi) is 5.67. The zero-order valence-electron chi connectivity index (χ0n) is 13.3. The minimum atomic E-state index is -0.107. The number of carbonyl (C=O) groups is 1. The molecule has 2 heterocycles. The highest BCUT2D eigenvalue weighted by atomic mass is 35.5. The Bertz CT molecular complexity index is 664.